The lowest BCUT2D eigenvalue weighted by Gasteiger charge is -2.18. The van der Waals surface area contributed by atoms with Crippen molar-refractivity contribution in [1.82, 2.24) is 10.3 Å². The van der Waals surface area contributed by atoms with Crippen LogP contribution in [0, 0.1) is 5.92 Å². The molecule has 2 unspecified atom stereocenters. The third kappa shape index (κ3) is 5.00. The fourth-order valence-electron chi connectivity index (χ4n) is 2.56. The molecule has 1 aliphatic rings. The quantitative estimate of drug-likeness (QED) is 0.733. The molecule has 0 spiro atoms. The molecule has 1 saturated carbocycles. The van der Waals surface area contributed by atoms with Gasteiger partial charge >= 0.3 is 0 Å². The summed E-state index contributed by atoms with van der Waals surface area (Å²) in [5.74, 6) is 2.42. The second kappa shape index (κ2) is 8.25. The number of carbonyl (C=O) groups excluding carboxylic acids is 1. The number of hydrogen-bond donors (Lipinski definition) is 2. The molecule has 0 radical (unpaired) electrons. The highest BCUT2D eigenvalue weighted by molar-refractivity contribution is 7.99. The summed E-state index contributed by atoms with van der Waals surface area (Å²) >= 11 is 7.40. The minimum Gasteiger partial charge on any atom is -0.440 e. The number of carbonyl (C=O) groups is 1. The van der Waals surface area contributed by atoms with Gasteiger partial charge in [0.05, 0.1) is 17.2 Å². The summed E-state index contributed by atoms with van der Waals surface area (Å²) in [6, 6.07) is 7.51. The molecule has 1 aliphatic carbocycles. The number of hydrogen-bond acceptors (Lipinski definition) is 5. The van der Waals surface area contributed by atoms with E-state index in [0.717, 1.165) is 18.4 Å². The Kier molecular flexibility index (Phi) is 6.04. The van der Waals surface area contributed by atoms with E-state index in [9.17, 15) is 4.79 Å². The van der Waals surface area contributed by atoms with Crippen LogP contribution in [-0.4, -0.2) is 28.7 Å². The van der Waals surface area contributed by atoms with Gasteiger partial charge in [-0.05, 0) is 49.9 Å². The fraction of sp³-hybridized carbons (Fsp3) is 0.444. The van der Waals surface area contributed by atoms with Crippen molar-refractivity contribution in [2.75, 3.05) is 6.54 Å². The van der Waals surface area contributed by atoms with E-state index < -0.39 is 0 Å². The highest BCUT2D eigenvalue weighted by atomic mass is 35.5. The second-order valence-corrected chi connectivity index (χ2v) is 8.03. The van der Waals surface area contributed by atoms with E-state index in [1.54, 1.807) is 6.20 Å². The number of amides is 1. The van der Waals surface area contributed by atoms with Gasteiger partial charge in [0.1, 0.15) is 0 Å². The van der Waals surface area contributed by atoms with E-state index in [1.807, 2.05) is 31.2 Å². The van der Waals surface area contributed by atoms with Gasteiger partial charge in [-0.15, -0.1) is 11.8 Å². The number of aromatic nitrogens is 1. The zero-order chi connectivity index (χ0) is 17.8. The Morgan fingerprint density at radius 1 is 1.44 bits per heavy atom. The van der Waals surface area contributed by atoms with Gasteiger partial charge in [0.25, 0.3) is 0 Å². The maximum Gasteiger partial charge on any atom is 0.233 e. The summed E-state index contributed by atoms with van der Waals surface area (Å²) in [5.41, 5.74) is 6.66. The van der Waals surface area contributed by atoms with Gasteiger partial charge in [0.2, 0.25) is 11.8 Å². The van der Waals surface area contributed by atoms with Crippen LogP contribution in [0.2, 0.25) is 5.02 Å². The lowest BCUT2D eigenvalue weighted by atomic mass is 10.2. The predicted octanol–water partition coefficient (Wildman–Crippen LogP) is 3.47. The number of oxazole rings is 1. The third-order valence-corrected chi connectivity index (χ3v) is 5.66. The molecule has 0 bridgehead atoms. The van der Waals surface area contributed by atoms with Crippen molar-refractivity contribution >= 4 is 29.3 Å². The molecule has 3 N–H and O–H groups in total. The number of nitrogens with two attached hydrogens (primary N) is 1. The smallest absolute Gasteiger partial charge is 0.233 e. The summed E-state index contributed by atoms with van der Waals surface area (Å²) in [6.07, 6.45) is 4.02. The summed E-state index contributed by atoms with van der Waals surface area (Å²) in [4.78, 5) is 16.6. The monoisotopic (exact) mass is 379 g/mol. The topological polar surface area (TPSA) is 81.2 Å². The number of nitrogens with zero attached hydrogens (tertiary/aromatic N) is 1. The van der Waals surface area contributed by atoms with E-state index in [4.69, 9.17) is 21.8 Å². The lowest BCUT2D eigenvalue weighted by molar-refractivity contribution is -0.121. The van der Waals surface area contributed by atoms with E-state index in [0.29, 0.717) is 34.9 Å². The molecule has 25 heavy (non-hydrogen) atoms. The van der Waals surface area contributed by atoms with Crippen LogP contribution < -0.4 is 11.1 Å². The van der Waals surface area contributed by atoms with Gasteiger partial charge < -0.3 is 15.5 Å². The van der Waals surface area contributed by atoms with Crippen LogP contribution in [0.4, 0.5) is 0 Å². The minimum atomic E-state index is -0.182. The van der Waals surface area contributed by atoms with Crippen LogP contribution in [0.1, 0.15) is 25.7 Å². The predicted molar refractivity (Wildman–Crippen MR) is 101 cm³/mol. The Balaban J connectivity index is 1.51. The third-order valence-electron chi connectivity index (χ3n) is 4.28. The van der Waals surface area contributed by atoms with Gasteiger partial charge in [0, 0.05) is 23.2 Å². The molecule has 1 heterocycles. The molecule has 3 rings (SSSR count). The largest absolute Gasteiger partial charge is 0.440 e. The van der Waals surface area contributed by atoms with E-state index >= 15 is 0 Å². The first-order chi connectivity index (χ1) is 12.1. The van der Waals surface area contributed by atoms with Crippen molar-refractivity contribution in [2.24, 2.45) is 11.7 Å². The molecule has 2 aromatic rings. The van der Waals surface area contributed by atoms with Gasteiger partial charge in [-0.2, -0.15) is 0 Å². The van der Waals surface area contributed by atoms with Crippen molar-refractivity contribution in [3.05, 3.63) is 41.4 Å². The molecule has 0 saturated heterocycles. The number of nitrogens with one attached hydrogen (secondary N) is 1. The van der Waals surface area contributed by atoms with E-state index in [-0.39, 0.29) is 17.2 Å². The van der Waals surface area contributed by atoms with Gasteiger partial charge in [-0.25, -0.2) is 4.98 Å². The van der Waals surface area contributed by atoms with Crippen molar-refractivity contribution in [1.29, 1.82) is 0 Å². The standard InChI is InChI=1S/C18H22ClN3O2S/c1-11(18(23)22-15(8-20)12-2-3-12)25-10-17-21-9-16(24-17)13-4-6-14(19)7-5-13/h4-7,9,11-12,15H,2-3,8,10,20H2,1H3,(H,22,23). The van der Waals surface area contributed by atoms with Crippen molar-refractivity contribution in [2.45, 2.75) is 36.8 Å². The Labute approximate surface area is 156 Å². The van der Waals surface area contributed by atoms with Crippen molar-refractivity contribution in [3.8, 4) is 11.3 Å². The van der Waals surface area contributed by atoms with Crippen LogP contribution in [0.3, 0.4) is 0 Å². The summed E-state index contributed by atoms with van der Waals surface area (Å²) in [7, 11) is 0. The van der Waals surface area contributed by atoms with Gasteiger partial charge in [-0.3, -0.25) is 4.79 Å². The van der Waals surface area contributed by atoms with Crippen LogP contribution in [0.5, 0.6) is 0 Å². The van der Waals surface area contributed by atoms with Crippen LogP contribution >= 0.6 is 23.4 Å². The number of rotatable bonds is 8. The molecule has 1 aromatic carbocycles. The average molecular weight is 380 g/mol. The maximum absolute atomic E-state index is 12.3. The number of thioether (sulfide) groups is 1. The normalized spacial score (nSPS) is 16.4. The molecule has 1 amide bonds. The number of benzene rings is 1. The first kappa shape index (κ1) is 18.3. The molecule has 2 atom stereocenters. The zero-order valence-corrected chi connectivity index (χ0v) is 15.6. The Bertz CT molecular complexity index is 715. The summed E-state index contributed by atoms with van der Waals surface area (Å²) in [5, 5.41) is 3.55. The Hall–Kier alpha value is -1.50. The highest BCUT2D eigenvalue weighted by Gasteiger charge is 2.32. The molecule has 7 heteroatoms. The zero-order valence-electron chi connectivity index (χ0n) is 14.1. The SMILES string of the molecule is CC(SCc1ncc(-c2ccc(Cl)cc2)o1)C(=O)NC(CN)C1CC1. The fourth-order valence-corrected chi connectivity index (χ4v) is 3.44. The van der Waals surface area contributed by atoms with Crippen LogP contribution in [0.15, 0.2) is 34.9 Å². The molecule has 0 aliphatic heterocycles. The maximum atomic E-state index is 12.3. The molecule has 1 fully saturated rings. The summed E-state index contributed by atoms with van der Waals surface area (Å²) in [6.45, 7) is 2.39. The molecule has 1 aromatic heterocycles. The van der Waals surface area contributed by atoms with Gasteiger partial charge in [0.15, 0.2) is 5.76 Å². The van der Waals surface area contributed by atoms with Gasteiger partial charge in [-0.1, -0.05) is 11.6 Å². The second-order valence-electron chi connectivity index (χ2n) is 6.27. The highest BCUT2D eigenvalue weighted by Crippen LogP contribution is 2.32. The molecular formula is C18H22ClN3O2S. The van der Waals surface area contributed by atoms with Crippen LogP contribution in [0.25, 0.3) is 11.3 Å². The lowest BCUT2D eigenvalue weighted by Crippen LogP contribution is -2.44. The molecular weight excluding hydrogens is 358 g/mol. The Morgan fingerprint density at radius 3 is 2.80 bits per heavy atom. The van der Waals surface area contributed by atoms with Crippen molar-refractivity contribution < 1.29 is 9.21 Å². The van der Waals surface area contributed by atoms with Crippen molar-refractivity contribution in [3.63, 3.8) is 0 Å². The van der Waals surface area contributed by atoms with Crippen LogP contribution in [-0.2, 0) is 10.5 Å². The summed E-state index contributed by atoms with van der Waals surface area (Å²) < 4.78 is 5.76. The number of halogens is 1. The first-order valence-electron chi connectivity index (χ1n) is 8.39. The van der Waals surface area contributed by atoms with E-state index in [2.05, 4.69) is 10.3 Å². The Morgan fingerprint density at radius 2 is 2.16 bits per heavy atom. The molecule has 5 nitrogen and oxygen atoms in total. The van der Waals surface area contributed by atoms with E-state index in [1.165, 1.54) is 11.8 Å². The average Bonchev–Trinajstić information content (AvgIpc) is 3.35. The molecule has 134 valence electrons. The first-order valence-corrected chi connectivity index (χ1v) is 9.82. The minimum absolute atomic E-state index is 0.0248.